The molecule has 2 aliphatic carbocycles. The zero-order chi connectivity index (χ0) is 16.4. The van der Waals surface area contributed by atoms with Crippen LogP contribution in [0.15, 0.2) is 53.8 Å². The van der Waals surface area contributed by atoms with E-state index in [4.69, 9.17) is 34.5 Å². The van der Waals surface area contributed by atoms with Crippen LogP contribution in [0.25, 0.3) is 22.4 Å². The fraction of sp³-hybridized carbons (Fsp3) is 0. The van der Waals surface area contributed by atoms with E-state index in [9.17, 15) is 0 Å². The Morgan fingerprint density at radius 3 is 2.30 bits per heavy atom. The number of nitrogens with two attached hydrogens (primary N) is 1. The van der Waals surface area contributed by atoms with Crippen LogP contribution in [0.4, 0.5) is 11.6 Å². The maximum Gasteiger partial charge on any atom is 0.220 e. The van der Waals surface area contributed by atoms with Crippen molar-refractivity contribution in [3.8, 4) is 22.4 Å². The van der Waals surface area contributed by atoms with Gasteiger partial charge < -0.3 is 5.73 Å². The third kappa shape index (κ3) is 3.47. The summed E-state index contributed by atoms with van der Waals surface area (Å²) in [6, 6.07) is 13.4. The molecule has 0 unspecified atom stereocenters. The van der Waals surface area contributed by atoms with Crippen LogP contribution in [0.1, 0.15) is 0 Å². The number of halogens is 2. The van der Waals surface area contributed by atoms with Crippen LogP contribution in [-0.2, 0) is 0 Å². The second-order valence-corrected chi connectivity index (χ2v) is 5.62. The molecule has 114 valence electrons. The van der Waals surface area contributed by atoms with Crippen molar-refractivity contribution in [2.75, 3.05) is 5.73 Å². The van der Waals surface area contributed by atoms with Crippen molar-refractivity contribution in [1.82, 2.24) is 9.97 Å². The van der Waals surface area contributed by atoms with Gasteiger partial charge in [0.2, 0.25) is 5.95 Å². The molecule has 0 saturated carbocycles. The van der Waals surface area contributed by atoms with Crippen LogP contribution in [0, 0.1) is 5.53 Å². The van der Waals surface area contributed by atoms with Gasteiger partial charge in [0.15, 0.2) is 0 Å². The summed E-state index contributed by atoms with van der Waals surface area (Å²) < 4.78 is 0. The van der Waals surface area contributed by atoms with Gasteiger partial charge in [-0.05, 0) is 35.4 Å². The summed E-state index contributed by atoms with van der Waals surface area (Å²) in [6.07, 6.45) is 1.37. The molecule has 0 saturated heterocycles. The van der Waals surface area contributed by atoms with Gasteiger partial charge in [-0.1, -0.05) is 41.4 Å². The van der Waals surface area contributed by atoms with E-state index in [2.05, 4.69) is 39.3 Å². The van der Waals surface area contributed by atoms with Crippen LogP contribution in [-0.4, -0.2) is 9.97 Å². The van der Waals surface area contributed by atoms with Gasteiger partial charge in [0.05, 0.1) is 11.2 Å². The van der Waals surface area contributed by atoms with E-state index in [0.29, 0.717) is 27.0 Å². The topological polar surface area (TPSA) is 88.0 Å². The predicted octanol–water partition coefficient (Wildman–Crippen LogP) is 5.36. The standard InChI is InChI=1S/C10H7Cl2N5.C6H4/c11-5-1-2-6(7(12)3-5)9-8(17-14)4-15-10(13)16-9;1-2-5-4-6(5)3-1/h1-4,14H,(H2,13,15,16);1-4H. The molecule has 0 aliphatic heterocycles. The van der Waals surface area contributed by atoms with Gasteiger partial charge >= 0.3 is 0 Å². The van der Waals surface area contributed by atoms with Crippen molar-refractivity contribution in [3.63, 3.8) is 0 Å². The summed E-state index contributed by atoms with van der Waals surface area (Å²) in [6.45, 7) is 0. The van der Waals surface area contributed by atoms with Crippen molar-refractivity contribution < 1.29 is 0 Å². The Bertz CT molecular complexity index is 878. The number of nitrogen functional groups attached to an aromatic ring is 1. The molecule has 0 fully saturated rings. The number of hydrogen-bond acceptors (Lipinski definition) is 5. The molecule has 3 N–H and O–H groups in total. The predicted molar refractivity (Wildman–Crippen MR) is 92.1 cm³/mol. The molecule has 2 aromatic rings. The zero-order valence-corrected chi connectivity index (χ0v) is 13.3. The van der Waals surface area contributed by atoms with Gasteiger partial charge in [-0.3, -0.25) is 0 Å². The van der Waals surface area contributed by atoms with E-state index in [0.717, 1.165) is 0 Å². The lowest BCUT2D eigenvalue weighted by Gasteiger charge is -2.06. The van der Waals surface area contributed by atoms with Crippen molar-refractivity contribution in [2.24, 2.45) is 5.11 Å². The number of rotatable bonds is 2. The van der Waals surface area contributed by atoms with Crippen LogP contribution in [0.5, 0.6) is 0 Å². The molecule has 5 nitrogen and oxygen atoms in total. The lowest BCUT2D eigenvalue weighted by molar-refractivity contribution is 1.10. The maximum atomic E-state index is 7.05. The fourth-order valence-corrected chi connectivity index (χ4v) is 2.52. The third-order valence-electron chi connectivity index (χ3n) is 3.21. The SMILES string of the molecule is N=Nc1cnc(N)nc1-c1ccc(Cl)cc1Cl.c1cc2cc-2c1. The first-order chi connectivity index (χ1) is 11.1. The molecule has 0 bridgehead atoms. The summed E-state index contributed by atoms with van der Waals surface area (Å²) in [5.74, 6) is 0.0958. The van der Waals surface area contributed by atoms with E-state index < -0.39 is 0 Å². The number of benzene rings is 2. The van der Waals surface area contributed by atoms with Gasteiger partial charge in [-0.25, -0.2) is 15.5 Å². The number of nitrogens with one attached hydrogen (secondary N) is 1. The number of anilines is 1. The Labute approximate surface area is 142 Å². The monoisotopic (exact) mass is 343 g/mol. The minimum absolute atomic E-state index is 0.0958. The highest BCUT2D eigenvalue weighted by atomic mass is 35.5. The molecule has 1 heterocycles. The Hall–Kier alpha value is -2.50. The summed E-state index contributed by atoms with van der Waals surface area (Å²) >= 11 is 11.9. The average Bonchev–Trinajstić information content (AvgIpc) is 3.13. The Morgan fingerprint density at radius 2 is 1.78 bits per heavy atom. The summed E-state index contributed by atoms with van der Waals surface area (Å²) in [7, 11) is 0. The maximum absolute atomic E-state index is 7.05. The normalized spacial score (nSPS) is 10.5. The van der Waals surface area contributed by atoms with E-state index >= 15 is 0 Å². The molecule has 23 heavy (non-hydrogen) atoms. The highest BCUT2D eigenvalue weighted by Crippen LogP contribution is 2.34. The molecular weight excluding hydrogens is 333 g/mol. The summed E-state index contributed by atoms with van der Waals surface area (Å²) in [5.41, 5.74) is 16.7. The average molecular weight is 344 g/mol. The van der Waals surface area contributed by atoms with Crippen molar-refractivity contribution in [3.05, 3.63) is 58.7 Å². The molecule has 0 amide bonds. The molecule has 0 atom stereocenters. The smallest absolute Gasteiger partial charge is 0.220 e. The van der Waals surface area contributed by atoms with E-state index in [1.807, 2.05) is 0 Å². The second kappa shape index (κ2) is 6.32. The van der Waals surface area contributed by atoms with Crippen molar-refractivity contribution >= 4 is 34.8 Å². The number of fused-ring (bicyclic) bond motifs is 1. The fourth-order valence-electron chi connectivity index (χ4n) is 2.03. The van der Waals surface area contributed by atoms with Gasteiger partial charge in [0, 0.05) is 10.6 Å². The van der Waals surface area contributed by atoms with Crippen molar-refractivity contribution in [2.45, 2.75) is 0 Å². The zero-order valence-electron chi connectivity index (χ0n) is 11.8. The third-order valence-corrected chi connectivity index (χ3v) is 3.76. The minimum atomic E-state index is 0.0958. The first kappa shape index (κ1) is 15.4. The molecule has 1 aromatic carbocycles. The van der Waals surface area contributed by atoms with Gasteiger partial charge in [0.25, 0.3) is 0 Å². The van der Waals surface area contributed by atoms with E-state index in [1.54, 1.807) is 18.2 Å². The molecule has 0 radical (unpaired) electrons. The van der Waals surface area contributed by atoms with Crippen LogP contribution in [0.3, 0.4) is 0 Å². The van der Waals surface area contributed by atoms with Crippen LogP contribution >= 0.6 is 23.2 Å². The molecule has 7 heteroatoms. The number of hydrogen-bond donors (Lipinski definition) is 2. The second-order valence-electron chi connectivity index (χ2n) is 4.78. The van der Waals surface area contributed by atoms with Gasteiger partial charge in [0.1, 0.15) is 11.4 Å². The quantitative estimate of drug-likeness (QED) is 0.480. The number of aromatic nitrogens is 2. The molecule has 1 aromatic heterocycles. The first-order valence-electron chi connectivity index (χ1n) is 6.64. The van der Waals surface area contributed by atoms with E-state index in [1.165, 1.54) is 17.3 Å². The summed E-state index contributed by atoms with van der Waals surface area (Å²) in [5, 5.41) is 4.27. The molecule has 0 spiro atoms. The lowest BCUT2D eigenvalue weighted by atomic mass is 10.1. The van der Waals surface area contributed by atoms with Crippen LogP contribution < -0.4 is 5.73 Å². The highest BCUT2D eigenvalue weighted by molar-refractivity contribution is 6.36. The van der Waals surface area contributed by atoms with Gasteiger partial charge in [-0.15, -0.1) is 0 Å². The molecule has 2 aliphatic rings. The van der Waals surface area contributed by atoms with Crippen LogP contribution in [0.2, 0.25) is 10.0 Å². The minimum Gasteiger partial charge on any atom is -0.368 e. The number of nitrogens with zero attached hydrogens (tertiary/aromatic N) is 3. The first-order valence-corrected chi connectivity index (χ1v) is 7.40. The summed E-state index contributed by atoms with van der Waals surface area (Å²) in [4.78, 5) is 7.80. The van der Waals surface area contributed by atoms with Crippen molar-refractivity contribution in [1.29, 1.82) is 5.53 Å². The highest BCUT2D eigenvalue weighted by Gasteiger charge is 2.12. The van der Waals surface area contributed by atoms with Gasteiger partial charge in [-0.2, -0.15) is 5.11 Å². The Balaban J connectivity index is 0.000000213. The lowest BCUT2D eigenvalue weighted by Crippen LogP contribution is -1.96. The molecular formula is C16H11Cl2N5. The Morgan fingerprint density at radius 1 is 1.04 bits per heavy atom. The molecule has 4 rings (SSSR count). The largest absolute Gasteiger partial charge is 0.368 e. The Kier molecular flexibility index (Phi) is 4.23. The van der Waals surface area contributed by atoms with E-state index in [-0.39, 0.29) is 5.95 Å².